The third-order valence-corrected chi connectivity index (χ3v) is 6.04. The molecule has 2 heterocycles. The van der Waals surface area contributed by atoms with E-state index in [1.807, 2.05) is 30.3 Å². The largest absolute Gasteiger partial charge is 0.324 e. The first-order valence-electron chi connectivity index (χ1n) is 8.40. The van der Waals surface area contributed by atoms with E-state index in [0.717, 1.165) is 27.3 Å². The van der Waals surface area contributed by atoms with Crippen LogP contribution in [0.5, 0.6) is 0 Å². The summed E-state index contributed by atoms with van der Waals surface area (Å²) in [6, 6.07) is 18.5. The molecule has 3 aromatic rings. The highest BCUT2D eigenvalue weighted by atomic mass is 32.2. The van der Waals surface area contributed by atoms with Gasteiger partial charge < -0.3 is 4.90 Å². The number of benzene rings is 2. The molecule has 134 valence electrons. The van der Waals surface area contributed by atoms with Crippen molar-refractivity contribution in [3.8, 4) is 0 Å². The Balaban J connectivity index is 1.69. The van der Waals surface area contributed by atoms with Gasteiger partial charge in [0.25, 0.3) is 0 Å². The maximum atomic E-state index is 11.3. The Morgan fingerprint density at radius 2 is 1.85 bits per heavy atom. The van der Waals surface area contributed by atoms with Gasteiger partial charge in [-0.25, -0.2) is 18.1 Å². The van der Waals surface area contributed by atoms with E-state index < -0.39 is 10.0 Å². The number of aromatic nitrogens is 1. The van der Waals surface area contributed by atoms with Crippen LogP contribution in [0.25, 0.3) is 10.9 Å². The molecule has 0 atom stereocenters. The summed E-state index contributed by atoms with van der Waals surface area (Å²) in [6.45, 7) is 1.10. The van der Waals surface area contributed by atoms with Gasteiger partial charge in [0, 0.05) is 23.4 Å². The van der Waals surface area contributed by atoms with Crippen LogP contribution in [0.4, 0.5) is 11.5 Å². The lowest BCUT2D eigenvalue weighted by Gasteiger charge is -2.32. The Morgan fingerprint density at radius 3 is 2.69 bits per heavy atom. The van der Waals surface area contributed by atoms with E-state index in [4.69, 9.17) is 4.98 Å². The van der Waals surface area contributed by atoms with Crippen molar-refractivity contribution in [2.75, 3.05) is 24.2 Å². The molecule has 7 heteroatoms. The van der Waals surface area contributed by atoms with Gasteiger partial charge in [-0.15, -0.1) is 0 Å². The molecule has 0 radical (unpaired) electrons. The predicted molar refractivity (Wildman–Crippen MR) is 107 cm³/mol. The fourth-order valence-corrected chi connectivity index (χ4v) is 4.69. The zero-order valence-electron chi connectivity index (χ0n) is 14.3. The summed E-state index contributed by atoms with van der Waals surface area (Å²) in [5, 5.41) is 1.12. The van der Waals surface area contributed by atoms with Crippen molar-refractivity contribution in [2.24, 2.45) is 0 Å². The van der Waals surface area contributed by atoms with Crippen LogP contribution in [0, 0.1) is 0 Å². The third-order valence-electron chi connectivity index (χ3n) is 4.22. The smallest absolute Gasteiger partial charge is 0.208 e. The quantitative estimate of drug-likeness (QED) is 0.677. The molecule has 2 aromatic carbocycles. The van der Waals surface area contributed by atoms with E-state index in [1.165, 1.54) is 11.2 Å². The molecule has 0 spiro atoms. The Morgan fingerprint density at radius 1 is 1.08 bits per heavy atom. The molecule has 0 saturated carbocycles. The number of rotatable bonds is 5. The molecule has 5 nitrogen and oxygen atoms in total. The van der Waals surface area contributed by atoms with Gasteiger partial charge in [0.1, 0.15) is 5.82 Å². The molecule has 0 saturated heterocycles. The molecular weight excluding hydrogens is 366 g/mol. The van der Waals surface area contributed by atoms with E-state index in [9.17, 15) is 8.42 Å². The lowest BCUT2D eigenvalue weighted by atomic mass is 10.2. The van der Waals surface area contributed by atoms with Crippen molar-refractivity contribution in [1.29, 1.82) is 0 Å². The van der Waals surface area contributed by atoms with Gasteiger partial charge in [0.2, 0.25) is 10.0 Å². The standard InChI is InChI=1S/C19H19N3O2S2/c1-26(23,24)20-11-6-12-22-16-9-4-5-10-17(16)25-18-13-14-7-2-3-8-15(14)21-19(18)22/h2-5,7-10,13,20H,6,11-12H2,1H3. The normalized spacial score (nSPS) is 13.5. The van der Waals surface area contributed by atoms with E-state index in [1.54, 1.807) is 11.8 Å². The molecule has 0 fully saturated rings. The van der Waals surface area contributed by atoms with Crippen LogP contribution in [0.3, 0.4) is 0 Å². The van der Waals surface area contributed by atoms with Crippen LogP contribution in [0.1, 0.15) is 6.42 Å². The zero-order valence-corrected chi connectivity index (χ0v) is 16.0. The second kappa shape index (κ2) is 6.90. The van der Waals surface area contributed by atoms with E-state index >= 15 is 0 Å². The number of pyridine rings is 1. The summed E-state index contributed by atoms with van der Waals surface area (Å²) in [5.74, 6) is 0.937. The van der Waals surface area contributed by atoms with Crippen molar-refractivity contribution in [2.45, 2.75) is 16.2 Å². The average Bonchev–Trinajstić information content (AvgIpc) is 2.62. The van der Waals surface area contributed by atoms with Gasteiger partial charge in [-0.3, -0.25) is 0 Å². The first-order valence-corrected chi connectivity index (χ1v) is 11.1. The number of anilines is 2. The van der Waals surface area contributed by atoms with Crippen LogP contribution in [-0.4, -0.2) is 32.7 Å². The van der Waals surface area contributed by atoms with E-state index in [-0.39, 0.29) is 0 Å². The second-order valence-electron chi connectivity index (χ2n) is 6.24. The van der Waals surface area contributed by atoms with Crippen molar-refractivity contribution in [1.82, 2.24) is 9.71 Å². The van der Waals surface area contributed by atoms with Gasteiger partial charge >= 0.3 is 0 Å². The molecule has 0 unspecified atom stereocenters. The lowest BCUT2D eigenvalue weighted by molar-refractivity contribution is 0.585. The molecular formula is C19H19N3O2S2. The summed E-state index contributed by atoms with van der Waals surface area (Å²) < 4.78 is 25.1. The van der Waals surface area contributed by atoms with Gasteiger partial charge in [0.05, 0.1) is 22.4 Å². The van der Waals surface area contributed by atoms with Crippen molar-refractivity contribution >= 4 is 44.2 Å². The fraction of sp³-hybridized carbons (Fsp3) is 0.211. The van der Waals surface area contributed by atoms with Gasteiger partial charge in [-0.1, -0.05) is 42.1 Å². The Bertz CT molecular complexity index is 1070. The lowest BCUT2D eigenvalue weighted by Crippen LogP contribution is -2.28. The van der Waals surface area contributed by atoms with Crippen molar-refractivity contribution in [3.05, 3.63) is 54.6 Å². The summed E-state index contributed by atoms with van der Waals surface area (Å²) in [5.41, 5.74) is 2.08. The van der Waals surface area contributed by atoms with E-state index in [2.05, 4.69) is 33.9 Å². The minimum atomic E-state index is -3.17. The predicted octanol–water partition coefficient (Wildman–Crippen LogP) is 3.78. The molecule has 26 heavy (non-hydrogen) atoms. The summed E-state index contributed by atoms with van der Waals surface area (Å²) in [4.78, 5) is 9.39. The molecule has 1 aliphatic rings. The average molecular weight is 386 g/mol. The maximum absolute atomic E-state index is 11.3. The highest BCUT2D eigenvalue weighted by Gasteiger charge is 2.24. The first-order chi connectivity index (χ1) is 12.5. The topological polar surface area (TPSA) is 62.3 Å². The summed E-state index contributed by atoms with van der Waals surface area (Å²) in [6.07, 6.45) is 1.88. The third kappa shape index (κ3) is 3.56. The number of sulfonamides is 1. The number of hydrogen-bond acceptors (Lipinski definition) is 5. The number of hydrogen-bond donors (Lipinski definition) is 1. The number of nitrogens with one attached hydrogen (secondary N) is 1. The minimum Gasteiger partial charge on any atom is -0.324 e. The Labute approximate surface area is 157 Å². The molecule has 1 N–H and O–H groups in total. The Kier molecular flexibility index (Phi) is 4.60. The minimum absolute atomic E-state index is 0.410. The molecule has 0 aliphatic carbocycles. The maximum Gasteiger partial charge on any atom is 0.208 e. The van der Waals surface area contributed by atoms with Crippen LogP contribution < -0.4 is 9.62 Å². The molecule has 0 bridgehead atoms. The van der Waals surface area contributed by atoms with E-state index in [0.29, 0.717) is 19.5 Å². The number of para-hydroxylation sites is 2. The molecule has 1 aromatic heterocycles. The molecule has 1 aliphatic heterocycles. The first kappa shape index (κ1) is 17.3. The molecule has 4 rings (SSSR count). The summed E-state index contributed by atoms with van der Waals surface area (Å²) >= 11 is 1.73. The monoisotopic (exact) mass is 385 g/mol. The zero-order chi connectivity index (χ0) is 18.1. The Hall–Kier alpha value is -2.09. The summed E-state index contributed by atoms with van der Waals surface area (Å²) in [7, 11) is -3.17. The highest BCUT2D eigenvalue weighted by Crippen LogP contribution is 2.47. The van der Waals surface area contributed by atoms with Crippen molar-refractivity contribution in [3.63, 3.8) is 0 Å². The molecule has 0 amide bonds. The fourth-order valence-electron chi connectivity index (χ4n) is 3.07. The van der Waals surface area contributed by atoms with Gasteiger partial charge in [-0.05, 0) is 30.7 Å². The highest BCUT2D eigenvalue weighted by molar-refractivity contribution is 7.99. The van der Waals surface area contributed by atoms with Crippen LogP contribution in [0.2, 0.25) is 0 Å². The number of nitrogens with zero attached hydrogens (tertiary/aromatic N) is 2. The van der Waals surface area contributed by atoms with Crippen molar-refractivity contribution < 1.29 is 8.42 Å². The van der Waals surface area contributed by atoms with Gasteiger partial charge in [-0.2, -0.15) is 0 Å². The second-order valence-corrected chi connectivity index (χ2v) is 9.16. The SMILES string of the molecule is CS(=O)(=O)NCCCN1c2ccccc2Sc2cc3ccccc3nc21. The van der Waals surface area contributed by atoms with Gasteiger partial charge in [0.15, 0.2) is 0 Å². The number of fused-ring (bicyclic) bond motifs is 3. The van der Waals surface area contributed by atoms with Crippen LogP contribution in [-0.2, 0) is 10.0 Å². The van der Waals surface area contributed by atoms with Crippen LogP contribution >= 0.6 is 11.8 Å². The van der Waals surface area contributed by atoms with Crippen LogP contribution in [0.15, 0.2) is 64.4 Å².